The minimum atomic E-state index is -0.503. The van der Waals surface area contributed by atoms with Crippen LogP contribution >= 0.6 is 11.6 Å². The molecule has 0 amide bonds. The highest BCUT2D eigenvalue weighted by Gasteiger charge is 2.41. The van der Waals surface area contributed by atoms with E-state index in [1.54, 1.807) is 7.11 Å². The first-order chi connectivity index (χ1) is 16.0. The third-order valence-corrected chi connectivity index (χ3v) is 7.59. The van der Waals surface area contributed by atoms with Gasteiger partial charge in [-0.3, -0.25) is 4.90 Å². The average molecular weight is 469 g/mol. The predicted octanol–water partition coefficient (Wildman–Crippen LogP) is 5.82. The van der Waals surface area contributed by atoms with Crippen molar-refractivity contribution in [2.75, 3.05) is 13.7 Å². The Kier molecular flexibility index (Phi) is 6.55. The van der Waals surface area contributed by atoms with E-state index < -0.39 is 6.10 Å². The number of para-hydroxylation sites is 1. The molecule has 0 spiro atoms. The Labute approximate surface area is 200 Å². The molecule has 6 heteroatoms. The summed E-state index contributed by atoms with van der Waals surface area (Å²) in [5, 5.41) is 12.1. The van der Waals surface area contributed by atoms with E-state index in [-0.39, 0.29) is 6.10 Å². The maximum Gasteiger partial charge on any atom is 0.143 e. The highest BCUT2D eigenvalue weighted by atomic mass is 35.5. The van der Waals surface area contributed by atoms with Gasteiger partial charge in [-0.05, 0) is 69.4 Å². The van der Waals surface area contributed by atoms with Gasteiger partial charge in [0.25, 0.3) is 0 Å². The summed E-state index contributed by atoms with van der Waals surface area (Å²) < 4.78 is 14.2. The summed E-state index contributed by atoms with van der Waals surface area (Å²) in [6.45, 7) is 3.82. The molecule has 3 atom stereocenters. The molecule has 2 aliphatic heterocycles. The SMILES string of the molecule is COc1cccc2c(C(C)O)cn(CCCN3C4CCC3CC(Oc3ccc(Cl)cc3)C4)c12. The van der Waals surface area contributed by atoms with E-state index >= 15 is 0 Å². The molecule has 0 aliphatic carbocycles. The Bertz CT molecular complexity index is 1080. The van der Waals surface area contributed by atoms with Crippen molar-refractivity contribution >= 4 is 22.5 Å². The molecule has 2 fully saturated rings. The van der Waals surface area contributed by atoms with Crippen LogP contribution in [0, 0.1) is 0 Å². The van der Waals surface area contributed by atoms with Gasteiger partial charge in [0.05, 0.1) is 18.7 Å². The van der Waals surface area contributed by atoms with Gasteiger partial charge >= 0.3 is 0 Å². The first-order valence-electron chi connectivity index (χ1n) is 12.0. The molecule has 2 aliphatic rings. The number of hydrogen-bond acceptors (Lipinski definition) is 4. The monoisotopic (exact) mass is 468 g/mol. The van der Waals surface area contributed by atoms with Gasteiger partial charge in [-0.15, -0.1) is 0 Å². The molecule has 0 saturated carbocycles. The lowest BCUT2D eigenvalue weighted by atomic mass is 9.99. The van der Waals surface area contributed by atoms with Crippen LogP contribution in [0.25, 0.3) is 10.9 Å². The lowest BCUT2D eigenvalue weighted by Crippen LogP contribution is -2.46. The quantitative estimate of drug-likeness (QED) is 0.452. The third-order valence-electron chi connectivity index (χ3n) is 7.33. The van der Waals surface area contributed by atoms with E-state index in [1.807, 2.05) is 43.3 Å². The number of fused-ring (bicyclic) bond motifs is 3. The maximum atomic E-state index is 10.3. The standard InChI is InChI=1S/C27H33ClN2O3/c1-18(31)25-17-29(27-24(25)5-3-6-26(27)32-2)13-4-14-30-20-9-10-21(30)16-23(15-20)33-22-11-7-19(28)8-12-22/h3,5-8,11-12,17-18,20-21,23,31H,4,9-10,13-16H2,1-2H3. The highest BCUT2D eigenvalue weighted by molar-refractivity contribution is 6.30. The summed E-state index contributed by atoms with van der Waals surface area (Å²) in [6, 6.07) is 15.0. The number of aliphatic hydroxyl groups excluding tert-OH is 1. The summed E-state index contributed by atoms with van der Waals surface area (Å²) >= 11 is 6.01. The van der Waals surface area contributed by atoms with Gasteiger partial charge in [0.2, 0.25) is 0 Å². The molecule has 176 valence electrons. The molecule has 5 nitrogen and oxygen atoms in total. The van der Waals surface area contributed by atoms with Gasteiger partial charge in [-0.25, -0.2) is 0 Å². The summed E-state index contributed by atoms with van der Waals surface area (Å²) in [5.41, 5.74) is 2.04. The molecular weight excluding hydrogens is 436 g/mol. The van der Waals surface area contributed by atoms with Crippen molar-refractivity contribution in [2.24, 2.45) is 0 Å². The zero-order chi connectivity index (χ0) is 22.9. The Morgan fingerprint density at radius 3 is 2.45 bits per heavy atom. The molecule has 2 bridgehead atoms. The van der Waals surface area contributed by atoms with Crippen LogP contribution in [0.3, 0.4) is 0 Å². The van der Waals surface area contributed by atoms with E-state index in [0.29, 0.717) is 12.1 Å². The maximum absolute atomic E-state index is 10.3. The van der Waals surface area contributed by atoms with E-state index in [9.17, 15) is 5.11 Å². The smallest absolute Gasteiger partial charge is 0.143 e. The van der Waals surface area contributed by atoms with Crippen molar-refractivity contribution in [1.29, 1.82) is 0 Å². The number of nitrogens with zero attached hydrogens (tertiary/aromatic N) is 2. The first-order valence-corrected chi connectivity index (χ1v) is 12.4. The second-order valence-corrected chi connectivity index (χ2v) is 9.89. The van der Waals surface area contributed by atoms with Crippen LogP contribution < -0.4 is 9.47 Å². The number of rotatable bonds is 8. The number of methoxy groups -OCH3 is 1. The molecule has 0 radical (unpaired) electrons. The van der Waals surface area contributed by atoms with Crippen LogP contribution in [0.15, 0.2) is 48.7 Å². The van der Waals surface area contributed by atoms with Crippen molar-refractivity contribution < 1.29 is 14.6 Å². The minimum absolute atomic E-state index is 0.283. The zero-order valence-corrected chi connectivity index (χ0v) is 20.2. The summed E-state index contributed by atoms with van der Waals surface area (Å²) in [7, 11) is 1.71. The van der Waals surface area contributed by atoms with Gasteiger partial charge in [0.1, 0.15) is 17.6 Å². The molecule has 3 unspecified atom stereocenters. The molecule has 1 N–H and O–H groups in total. The zero-order valence-electron chi connectivity index (χ0n) is 19.4. The highest BCUT2D eigenvalue weighted by Crippen LogP contribution is 2.38. The molecule has 2 saturated heterocycles. The molecule has 2 aromatic carbocycles. The normalized spacial score (nSPS) is 23.7. The number of hydrogen-bond donors (Lipinski definition) is 1. The average Bonchev–Trinajstić information content (AvgIpc) is 3.29. The van der Waals surface area contributed by atoms with Crippen LogP contribution in [-0.4, -0.2) is 46.4 Å². The number of aliphatic hydroxyl groups is 1. The van der Waals surface area contributed by atoms with Gasteiger partial charge in [0.15, 0.2) is 0 Å². The molecule has 1 aromatic heterocycles. The summed E-state index contributed by atoms with van der Waals surface area (Å²) in [4.78, 5) is 2.71. The van der Waals surface area contributed by atoms with Gasteiger partial charge in [-0.2, -0.15) is 0 Å². The summed E-state index contributed by atoms with van der Waals surface area (Å²) in [6.07, 6.45) is 7.64. The lowest BCUT2D eigenvalue weighted by molar-refractivity contribution is 0.0482. The fraction of sp³-hybridized carbons (Fsp3) is 0.481. The van der Waals surface area contributed by atoms with E-state index in [4.69, 9.17) is 21.1 Å². The number of piperidine rings is 1. The number of benzene rings is 2. The molecule has 3 heterocycles. The Balaban J connectivity index is 1.22. The van der Waals surface area contributed by atoms with Crippen LogP contribution in [0.1, 0.15) is 50.7 Å². The minimum Gasteiger partial charge on any atom is -0.495 e. The molecular formula is C27H33ClN2O3. The van der Waals surface area contributed by atoms with Crippen molar-refractivity contribution in [2.45, 2.75) is 69.9 Å². The van der Waals surface area contributed by atoms with Crippen molar-refractivity contribution in [3.63, 3.8) is 0 Å². The van der Waals surface area contributed by atoms with Crippen molar-refractivity contribution in [1.82, 2.24) is 9.47 Å². The second-order valence-electron chi connectivity index (χ2n) is 9.45. The molecule has 3 aromatic rings. The predicted molar refractivity (Wildman–Crippen MR) is 132 cm³/mol. The topological polar surface area (TPSA) is 46.9 Å². The number of aryl methyl sites for hydroxylation is 1. The number of ether oxygens (including phenoxy) is 2. The van der Waals surface area contributed by atoms with Gasteiger partial charge in [-0.1, -0.05) is 23.7 Å². The first kappa shape index (κ1) is 22.6. The fourth-order valence-electron chi connectivity index (χ4n) is 5.84. The Morgan fingerprint density at radius 1 is 1.06 bits per heavy atom. The third kappa shape index (κ3) is 4.59. The van der Waals surface area contributed by atoms with E-state index in [0.717, 1.165) is 65.3 Å². The Morgan fingerprint density at radius 2 is 1.79 bits per heavy atom. The van der Waals surface area contributed by atoms with Gasteiger partial charge < -0.3 is 19.1 Å². The summed E-state index contributed by atoms with van der Waals surface area (Å²) in [5.74, 6) is 1.78. The van der Waals surface area contributed by atoms with Gasteiger partial charge in [0, 0.05) is 47.3 Å². The van der Waals surface area contributed by atoms with Crippen LogP contribution in [-0.2, 0) is 6.54 Å². The second kappa shape index (κ2) is 9.57. The molecule has 33 heavy (non-hydrogen) atoms. The van der Waals surface area contributed by atoms with Crippen LogP contribution in [0.5, 0.6) is 11.5 Å². The van der Waals surface area contributed by atoms with E-state index in [1.165, 1.54) is 12.8 Å². The fourth-order valence-corrected chi connectivity index (χ4v) is 5.97. The molecule has 5 rings (SSSR count). The van der Waals surface area contributed by atoms with Crippen molar-refractivity contribution in [3.8, 4) is 11.5 Å². The lowest BCUT2D eigenvalue weighted by Gasteiger charge is -2.39. The number of halogens is 1. The van der Waals surface area contributed by atoms with Crippen molar-refractivity contribution in [3.05, 3.63) is 59.2 Å². The van der Waals surface area contributed by atoms with Crippen LogP contribution in [0.2, 0.25) is 5.02 Å². The van der Waals surface area contributed by atoms with E-state index in [2.05, 4.69) is 21.7 Å². The van der Waals surface area contributed by atoms with Crippen LogP contribution in [0.4, 0.5) is 0 Å². The number of aromatic nitrogens is 1. The largest absolute Gasteiger partial charge is 0.495 e. The Hall–Kier alpha value is -2.21.